The molecule has 0 aliphatic carbocycles. The molecule has 242 valence electrons. The highest BCUT2D eigenvalue weighted by Gasteiger charge is 2.25. The van der Waals surface area contributed by atoms with Crippen molar-refractivity contribution in [1.29, 1.82) is 0 Å². The smallest absolute Gasteiger partial charge is 0.410 e. The molecule has 1 saturated heterocycles. The van der Waals surface area contributed by atoms with Crippen molar-refractivity contribution in [3.05, 3.63) is 143 Å². The van der Waals surface area contributed by atoms with Gasteiger partial charge in [-0.2, -0.15) is 0 Å². The van der Waals surface area contributed by atoms with Crippen LogP contribution in [-0.4, -0.2) is 48.2 Å². The number of aryl methyl sites for hydroxylation is 1. The molecule has 1 amide bonds. The number of amides is 1. The number of nitrogens with zero attached hydrogens (tertiary/aromatic N) is 6. The Labute approximate surface area is 283 Å². The lowest BCUT2D eigenvalue weighted by Crippen LogP contribution is -2.38. The minimum absolute atomic E-state index is 0.132. The number of imidazole rings is 1. The average Bonchev–Trinajstić information content (AvgIpc) is 3.43. The van der Waals surface area contributed by atoms with Crippen molar-refractivity contribution < 1.29 is 9.53 Å². The molecule has 0 bridgehead atoms. The monoisotopic (exact) mass is 646 g/mol. The fourth-order valence-corrected chi connectivity index (χ4v) is 6.77. The topological polar surface area (TPSA) is 95.1 Å². The van der Waals surface area contributed by atoms with Crippen LogP contribution in [0.25, 0.3) is 50.0 Å². The Balaban J connectivity index is 1.04. The minimum Gasteiger partial charge on any atom is -0.445 e. The van der Waals surface area contributed by atoms with Crippen LogP contribution in [0.3, 0.4) is 0 Å². The maximum Gasteiger partial charge on any atom is 0.410 e. The fraction of sp³-hybridized carbons (Fsp3) is 0.175. The Morgan fingerprint density at radius 2 is 1.61 bits per heavy atom. The van der Waals surface area contributed by atoms with Gasteiger partial charge in [-0.1, -0.05) is 54.6 Å². The number of pyridine rings is 3. The van der Waals surface area contributed by atoms with E-state index >= 15 is 0 Å². The summed E-state index contributed by atoms with van der Waals surface area (Å²) in [6.45, 7) is 1.57. The van der Waals surface area contributed by atoms with E-state index in [0.29, 0.717) is 19.0 Å². The van der Waals surface area contributed by atoms with E-state index < -0.39 is 0 Å². The Kier molecular flexibility index (Phi) is 7.93. The molecule has 49 heavy (non-hydrogen) atoms. The van der Waals surface area contributed by atoms with Crippen LogP contribution < -0.4 is 5.69 Å². The minimum atomic E-state index is -0.268. The second-order valence-corrected chi connectivity index (χ2v) is 12.5. The van der Waals surface area contributed by atoms with E-state index in [0.717, 1.165) is 68.4 Å². The largest absolute Gasteiger partial charge is 0.445 e. The molecular formula is C40H34N6O3. The second kappa shape index (κ2) is 12.8. The van der Waals surface area contributed by atoms with Gasteiger partial charge in [-0.15, -0.1) is 0 Å². The summed E-state index contributed by atoms with van der Waals surface area (Å²) in [6, 6.07) is 32.1. The van der Waals surface area contributed by atoms with Crippen molar-refractivity contribution in [2.45, 2.75) is 25.4 Å². The van der Waals surface area contributed by atoms with E-state index in [2.05, 4.69) is 34.2 Å². The Morgan fingerprint density at radius 1 is 0.816 bits per heavy atom. The number of likely N-dealkylation sites (tertiary alicyclic amines) is 1. The summed E-state index contributed by atoms with van der Waals surface area (Å²) in [6.07, 6.45) is 8.63. The Morgan fingerprint density at radius 3 is 2.35 bits per heavy atom. The number of fused-ring (bicyclic) bond motifs is 3. The highest BCUT2D eigenvalue weighted by molar-refractivity contribution is 6.04. The number of carbonyl (C=O) groups excluding carboxylic acids is 1. The van der Waals surface area contributed by atoms with Crippen LogP contribution in [0.15, 0.2) is 127 Å². The third-order valence-corrected chi connectivity index (χ3v) is 9.52. The zero-order valence-corrected chi connectivity index (χ0v) is 27.1. The first-order valence-electron chi connectivity index (χ1n) is 16.5. The molecule has 0 saturated carbocycles. The summed E-state index contributed by atoms with van der Waals surface area (Å²) in [5.74, 6) is 0.321. The number of piperidine rings is 1. The van der Waals surface area contributed by atoms with Gasteiger partial charge in [-0.05, 0) is 77.9 Å². The van der Waals surface area contributed by atoms with Crippen LogP contribution in [0.2, 0.25) is 0 Å². The van der Waals surface area contributed by atoms with Gasteiger partial charge in [0, 0.05) is 55.2 Å². The van der Waals surface area contributed by atoms with E-state index in [1.807, 2.05) is 79.0 Å². The first-order valence-corrected chi connectivity index (χ1v) is 16.5. The summed E-state index contributed by atoms with van der Waals surface area (Å²) in [4.78, 5) is 41.8. The van der Waals surface area contributed by atoms with Crippen LogP contribution in [0.5, 0.6) is 0 Å². The van der Waals surface area contributed by atoms with E-state index in [1.54, 1.807) is 39.7 Å². The third-order valence-electron chi connectivity index (χ3n) is 9.52. The molecule has 8 rings (SSSR count). The van der Waals surface area contributed by atoms with E-state index in [-0.39, 0.29) is 18.4 Å². The standard InChI is InChI=1S/C40H34N6O3/c1-44-37-25-43-36-16-11-30(31-12-15-35(42-24-31)32-8-5-19-41-23-32)22-34(36)38(37)46(39(44)47)33-13-9-28(10-14-33)29-17-20-45(21-18-29)40(48)49-26-27-6-3-2-4-7-27/h2-16,19,22-25,29H,17-18,20-21,26H2,1H3. The highest BCUT2D eigenvalue weighted by Crippen LogP contribution is 2.32. The lowest BCUT2D eigenvalue weighted by molar-refractivity contribution is 0.0870. The molecular weight excluding hydrogens is 612 g/mol. The summed E-state index contributed by atoms with van der Waals surface area (Å²) in [5.41, 5.74) is 8.99. The normalized spacial score (nSPS) is 13.6. The molecule has 5 heterocycles. The Hall–Kier alpha value is -6.09. The number of ether oxygens (including phenoxy) is 1. The number of hydrogen-bond acceptors (Lipinski definition) is 6. The van der Waals surface area contributed by atoms with Crippen molar-refractivity contribution in [2.24, 2.45) is 7.05 Å². The van der Waals surface area contributed by atoms with Gasteiger partial charge in [0.15, 0.2) is 0 Å². The first-order chi connectivity index (χ1) is 24.0. The maximum atomic E-state index is 13.7. The summed E-state index contributed by atoms with van der Waals surface area (Å²) in [7, 11) is 1.78. The lowest BCUT2D eigenvalue weighted by atomic mass is 9.89. The van der Waals surface area contributed by atoms with E-state index in [9.17, 15) is 9.59 Å². The molecule has 0 radical (unpaired) electrons. The predicted octanol–water partition coefficient (Wildman–Crippen LogP) is 7.52. The molecule has 4 aromatic heterocycles. The second-order valence-electron chi connectivity index (χ2n) is 12.5. The zero-order valence-electron chi connectivity index (χ0n) is 27.1. The molecule has 3 aromatic carbocycles. The molecule has 0 atom stereocenters. The van der Waals surface area contributed by atoms with Gasteiger partial charge in [0.05, 0.1) is 34.1 Å². The molecule has 0 unspecified atom stereocenters. The molecule has 9 heteroatoms. The van der Waals surface area contributed by atoms with Crippen molar-refractivity contribution in [3.8, 4) is 28.1 Å². The number of hydrogen-bond donors (Lipinski definition) is 0. The first kappa shape index (κ1) is 30.3. The van der Waals surface area contributed by atoms with Gasteiger partial charge >= 0.3 is 11.8 Å². The summed E-state index contributed by atoms with van der Waals surface area (Å²) >= 11 is 0. The highest BCUT2D eigenvalue weighted by atomic mass is 16.6. The average molecular weight is 647 g/mol. The molecule has 7 aromatic rings. The van der Waals surface area contributed by atoms with Crippen LogP contribution in [-0.2, 0) is 18.4 Å². The Bertz CT molecular complexity index is 2330. The molecule has 1 aliphatic heterocycles. The molecule has 1 aliphatic rings. The van der Waals surface area contributed by atoms with Crippen LogP contribution in [0, 0.1) is 0 Å². The SMILES string of the molecule is Cn1c(=O)n(-c2ccc(C3CCN(C(=O)OCc4ccccc4)CC3)cc2)c2c3cc(-c4ccc(-c5cccnc5)nc4)ccc3ncc21. The van der Waals surface area contributed by atoms with Gasteiger partial charge < -0.3 is 9.64 Å². The van der Waals surface area contributed by atoms with Crippen molar-refractivity contribution >= 4 is 28.0 Å². The van der Waals surface area contributed by atoms with Crippen LogP contribution >= 0.6 is 0 Å². The fourth-order valence-electron chi connectivity index (χ4n) is 6.77. The number of carbonyl (C=O) groups is 1. The zero-order chi connectivity index (χ0) is 33.3. The van der Waals surface area contributed by atoms with Gasteiger partial charge in [0.2, 0.25) is 0 Å². The quantitative estimate of drug-likeness (QED) is 0.186. The predicted molar refractivity (Wildman–Crippen MR) is 190 cm³/mol. The summed E-state index contributed by atoms with van der Waals surface area (Å²) in [5, 5.41) is 0.889. The number of rotatable bonds is 6. The lowest BCUT2D eigenvalue weighted by Gasteiger charge is -2.31. The number of aromatic nitrogens is 5. The van der Waals surface area contributed by atoms with Gasteiger partial charge in [-0.3, -0.25) is 24.1 Å². The van der Waals surface area contributed by atoms with Crippen LogP contribution in [0.1, 0.15) is 29.9 Å². The number of benzene rings is 3. The summed E-state index contributed by atoms with van der Waals surface area (Å²) < 4.78 is 8.98. The van der Waals surface area contributed by atoms with Gasteiger partial charge in [0.1, 0.15) is 6.61 Å². The van der Waals surface area contributed by atoms with Crippen LogP contribution in [0.4, 0.5) is 4.79 Å². The van der Waals surface area contributed by atoms with Crippen molar-refractivity contribution in [1.82, 2.24) is 29.0 Å². The van der Waals surface area contributed by atoms with Gasteiger partial charge in [-0.25, -0.2) is 9.59 Å². The van der Waals surface area contributed by atoms with Gasteiger partial charge in [0.25, 0.3) is 0 Å². The molecule has 1 fully saturated rings. The van der Waals surface area contributed by atoms with Crippen molar-refractivity contribution in [2.75, 3.05) is 13.1 Å². The van der Waals surface area contributed by atoms with Crippen molar-refractivity contribution in [3.63, 3.8) is 0 Å². The third kappa shape index (κ3) is 5.84. The molecule has 0 spiro atoms. The maximum absolute atomic E-state index is 13.7. The van der Waals surface area contributed by atoms with E-state index in [4.69, 9.17) is 9.72 Å². The van der Waals surface area contributed by atoms with E-state index in [1.165, 1.54) is 5.56 Å². The molecule has 9 nitrogen and oxygen atoms in total. The molecule has 0 N–H and O–H groups in total.